The molecule has 1 aliphatic heterocycles. The van der Waals surface area contributed by atoms with E-state index in [0.29, 0.717) is 11.5 Å². The molecule has 0 radical (unpaired) electrons. The lowest BCUT2D eigenvalue weighted by Crippen LogP contribution is -2.24. The maximum Gasteiger partial charge on any atom is 0.171 e. The van der Waals surface area contributed by atoms with Gasteiger partial charge in [0.25, 0.3) is 0 Å². The van der Waals surface area contributed by atoms with Crippen LogP contribution in [0.15, 0.2) is 188 Å². The molecule has 0 N–H and O–H groups in total. The second-order valence-corrected chi connectivity index (χ2v) is 12.6. The largest absolute Gasteiger partial charge is 0.493 e. The molecule has 0 bridgehead atoms. The van der Waals surface area contributed by atoms with Gasteiger partial charge in [-0.2, -0.15) is 0 Å². The summed E-state index contributed by atoms with van der Waals surface area (Å²) in [6, 6.07) is 65.8. The summed E-state index contributed by atoms with van der Waals surface area (Å²) in [7, 11) is 1.70. The maximum atomic E-state index is 6.52. The van der Waals surface area contributed by atoms with E-state index in [1.165, 1.54) is 33.0 Å². The lowest BCUT2D eigenvalue weighted by Gasteiger charge is -2.41. The van der Waals surface area contributed by atoms with E-state index >= 15 is 0 Å². The number of rotatable bonds is 7. The van der Waals surface area contributed by atoms with Crippen molar-refractivity contribution in [2.45, 2.75) is 0 Å². The topological polar surface area (TPSA) is 24.9 Å². The molecule has 9 rings (SSSR count). The summed E-state index contributed by atoms with van der Waals surface area (Å²) in [5, 5.41) is 2.33. The fraction of sp³-hybridized carbons (Fsp3) is 0.0213. The van der Waals surface area contributed by atoms with Gasteiger partial charge in [-0.05, 0) is 81.6 Å². The van der Waals surface area contributed by atoms with E-state index in [4.69, 9.17) is 9.47 Å². The van der Waals surface area contributed by atoms with Crippen LogP contribution >= 0.6 is 0 Å². The van der Waals surface area contributed by atoms with Crippen LogP contribution in [0.1, 0.15) is 0 Å². The van der Waals surface area contributed by atoms with E-state index in [-0.39, 0.29) is 0 Å². The number of nitrogens with zero attached hydrogens (tertiary/aromatic N) is 2. The normalized spacial score (nSPS) is 11.9. The van der Waals surface area contributed by atoms with Gasteiger partial charge in [0.15, 0.2) is 11.5 Å². The monoisotopic (exact) mass is 658 g/mol. The first kappa shape index (κ1) is 30.3. The van der Waals surface area contributed by atoms with Crippen LogP contribution in [-0.4, -0.2) is 7.11 Å². The summed E-state index contributed by atoms with van der Waals surface area (Å²) in [5.41, 5.74) is 10.9. The van der Waals surface area contributed by atoms with Crippen LogP contribution in [0.25, 0.3) is 33.0 Å². The number of ether oxygens (including phenoxy) is 2. The van der Waals surface area contributed by atoms with Gasteiger partial charge in [0, 0.05) is 23.5 Å². The van der Waals surface area contributed by atoms with Crippen molar-refractivity contribution >= 4 is 44.9 Å². The molecule has 8 aromatic carbocycles. The second-order valence-electron chi connectivity index (χ2n) is 12.6. The van der Waals surface area contributed by atoms with E-state index in [1.54, 1.807) is 7.11 Å². The Balaban J connectivity index is 1.27. The Morgan fingerprint density at radius 3 is 1.18 bits per heavy atom. The van der Waals surface area contributed by atoms with Gasteiger partial charge in [0.2, 0.25) is 0 Å². The standard InChI is InChI=1S/C47H34N2O2/c1-50-46-31-44-45(32-47(46)51-41-19-9-4-10-20-41)49(40-27-23-36(24-28-40)34-15-7-3-8-16-34)43-30-38-18-12-11-17-37(38)29-42(43)48(44)39-25-21-35(22-26-39)33-13-5-2-6-14-33/h2-32H,1H3. The molecule has 0 unspecified atom stereocenters. The van der Waals surface area contributed by atoms with Crippen molar-refractivity contribution in [1.82, 2.24) is 0 Å². The number of benzene rings is 8. The molecule has 0 saturated heterocycles. The first-order valence-electron chi connectivity index (χ1n) is 17.1. The molecular weight excluding hydrogens is 625 g/mol. The molecule has 8 aromatic rings. The van der Waals surface area contributed by atoms with E-state index in [9.17, 15) is 0 Å². The lowest BCUT2D eigenvalue weighted by atomic mass is 9.99. The summed E-state index contributed by atoms with van der Waals surface area (Å²) < 4.78 is 12.6. The minimum atomic E-state index is 0.636. The molecular formula is C47H34N2O2. The predicted octanol–water partition coefficient (Wildman–Crippen LogP) is 13.2. The molecule has 1 heterocycles. The molecule has 0 fully saturated rings. The van der Waals surface area contributed by atoms with Gasteiger partial charge in [-0.1, -0.05) is 127 Å². The van der Waals surface area contributed by atoms with Crippen LogP contribution in [0.5, 0.6) is 17.2 Å². The van der Waals surface area contributed by atoms with Gasteiger partial charge in [-0.3, -0.25) is 0 Å². The molecule has 0 aliphatic carbocycles. The fourth-order valence-electron chi connectivity index (χ4n) is 7.01. The highest BCUT2D eigenvalue weighted by atomic mass is 16.5. The molecule has 0 spiro atoms. The zero-order chi connectivity index (χ0) is 34.1. The van der Waals surface area contributed by atoms with Gasteiger partial charge < -0.3 is 19.3 Å². The number of methoxy groups -OCH3 is 1. The molecule has 244 valence electrons. The van der Waals surface area contributed by atoms with Gasteiger partial charge >= 0.3 is 0 Å². The van der Waals surface area contributed by atoms with Gasteiger partial charge in [0.1, 0.15) is 5.75 Å². The smallest absolute Gasteiger partial charge is 0.171 e. The van der Waals surface area contributed by atoms with Gasteiger partial charge in [-0.15, -0.1) is 0 Å². The zero-order valence-electron chi connectivity index (χ0n) is 28.1. The molecule has 0 aromatic heterocycles. The van der Waals surface area contributed by atoms with Crippen molar-refractivity contribution in [1.29, 1.82) is 0 Å². The maximum absolute atomic E-state index is 6.52. The Kier molecular flexibility index (Phi) is 7.67. The van der Waals surface area contributed by atoms with Crippen LogP contribution < -0.4 is 19.3 Å². The predicted molar refractivity (Wildman–Crippen MR) is 211 cm³/mol. The number of fused-ring (bicyclic) bond motifs is 3. The number of hydrogen-bond acceptors (Lipinski definition) is 4. The van der Waals surface area contributed by atoms with Crippen molar-refractivity contribution in [2.24, 2.45) is 0 Å². The fourth-order valence-corrected chi connectivity index (χ4v) is 7.01. The molecule has 0 amide bonds. The van der Waals surface area contributed by atoms with Crippen molar-refractivity contribution in [2.75, 3.05) is 16.9 Å². The third-order valence-corrected chi connectivity index (χ3v) is 9.50. The molecule has 4 nitrogen and oxygen atoms in total. The number of anilines is 6. The molecule has 4 heteroatoms. The van der Waals surface area contributed by atoms with E-state index in [1.807, 2.05) is 42.5 Å². The van der Waals surface area contributed by atoms with E-state index in [0.717, 1.165) is 39.9 Å². The minimum absolute atomic E-state index is 0.636. The molecule has 0 atom stereocenters. The second kappa shape index (κ2) is 12.9. The lowest BCUT2D eigenvalue weighted by molar-refractivity contribution is 0.379. The Hall–Kier alpha value is -6.78. The van der Waals surface area contributed by atoms with Crippen molar-refractivity contribution in [3.05, 3.63) is 188 Å². The number of hydrogen-bond donors (Lipinski definition) is 0. The summed E-state index contributed by atoms with van der Waals surface area (Å²) in [4.78, 5) is 4.69. The Labute approximate surface area is 298 Å². The molecule has 0 saturated carbocycles. The minimum Gasteiger partial charge on any atom is -0.493 e. The van der Waals surface area contributed by atoms with Crippen LogP contribution in [-0.2, 0) is 0 Å². The van der Waals surface area contributed by atoms with Gasteiger partial charge in [-0.25, -0.2) is 0 Å². The van der Waals surface area contributed by atoms with E-state index in [2.05, 4.69) is 155 Å². The van der Waals surface area contributed by atoms with Crippen LogP contribution in [0, 0.1) is 0 Å². The summed E-state index contributed by atoms with van der Waals surface area (Å²) in [5.74, 6) is 2.02. The summed E-state index contributed by atoms with van der Waals surface area (Å²) in [6.07, 6.45) is 0. The zero-order valence-corrected chi connectivity index (χ0v) is 28.1. The summed E-state index contributed by atoms with van der Waals surface area (Å²) >= 11 is 0. The van der Waals surface area contributed by atoms with Crippen LogP contribution in [0.2, 0.25) is 0 Å². The van der Waals surface area contributed by atoms with Gasteiger partial charge in [0.05, 0.1) is 29.9 Å². The summed E-state index contributed by atoms with van der Waals surface area (Å²) in [6.45, 7) is 0. The quantitative estimate of drug-likeness (QED) is 0.170. The number of para-hydroxylation sites is 1. The third kappa shape index (κ3) is 5.63. The van der Waals surface area contributed by atoms with Crippen molar-refractivity contribution in [3.8, 4) is 39.5 Å². The van der Waals surface area contributed by atoms with E-state index < -0.39 is 0 Å². The highest BCUT2D eigenvalue weighted by Gasteiger charge is 2.33. The highest BCUT2D eigenvalue weighted by molar-refractivity contribution is 6.07. The first-order valence-corrected chi connectivity index (χ1v) is 17.1. The molecule has 51 heavy (non-hydrogen) atoms. The Morgan fingerprint density at radius 2 is 0.725 bits per heavy atom. The van der Waals surface area contributed by atoms with Crippen LogP contribution in [0.3, 0.4) is 0 Å². The molecule has 1 aliphatic rings. The van der Waals surface area contributed by atoms with Crippen molar-refractivity contribution in [3.63, 3.8) is 0 Å². The Bertz CT molecular complexity index is 2460. The highest BCUT2D eigenvalue weighted by Crippen LogP contribution is 2.57. The van der Waals surface area contributed by atoms with Crippen LogP contribution in [0.4, 0.5) is 34.1 Å². The SMILES string of the molecule is COc1cc2c(cc1Oc1ccccc1)N(c1ccc(-c3ccccc3)cc1)c1cc3ccccc3cc1N2c1ccc(-c2ccccc2)cc1. The first-order chi connectivity index (χ1) is 25.2. The average Bonchev–Trinajstić information content (AvgIpc) is 3.20. The Morgan fingerprint density at radius 1 is 0.353 bits per heavy atom. The van der Waals surface area contributed by atoms with Crippen molar-refractivity contribution < 1.29 is 9.47 Å². The third-order valence-electron chi connectivity index (χ3n) is 9.50. The average molecular weight is 659 g/mol.